The van der Waals surface area contributed by atoms with Crippen molar-refractivity contribution in [1.82, 2.24) is 0 Å². The molecule has 2 aromatic carbocycles. The van der Waals surface area contributed by atoms with Gasteiger partial charge in [0.2, 0.25) is 0 Å². The highest BCUT2D eigenvalue weighted by molar-refractivity contribution is 7.13. The predicted octanol–water partition coefficient (Wildman–Crippen LogP) is 5.48. The third kappa shape index (κ3) is 2.55. The predicted molar refractivity (Wildman–Crippen MR) is 95.5 cm³/mol. The summed E-state index contributed by atoms with van der Waals surface area (Å²) in [5.74, 6) is -0.450. The Morgan fingerprint density at radius 2 is 1.58 bits per heavy atom. The maximum Gasteiger partial charge on any atom is 0.273 e. The minimum absolute atomic E-state index is 0.302. The third-order valence-electron chi connectivity index (χ3n) is 4.14. The molecule has 1 aliphatic heterocycles. The number of benzene rings is 2. The van der Waals surface area contributed by atoms with Crippen LogP contribution in [0.5, 0.6) is 5.75 Å². The fourth-order valence-corrected chi connectivity index (χ4v) is 3.66. The molecule has 1 aromatic heterocycles. The first-order valence-corrected chi connectivity index (χ1v) is 8.52. The Bertz CT molecular complexity index is 885. The Kier molecular flexibility index (Phi) is 3.54. The van der Waals surface area contributed by atoms with Crippen molar-refractivity contribution in [2.45, 2.75) is 12.7 Å². The summed E-state index contributed by atoms with van der Waals surface area (Å²) in [6.45, 7) is 1.89. The molecule has 3 aromatic rings. The lowest BCUT2D eigenvalue weighted by molar-refractivity contribution is -0.133. The molecule has 24 heavy (non-hydrogen) atoms. The lowest BCUT2D eigenvalue weighted by atomic mass is 9.96. The van der Waals surface area contributed by atoms with E-state index in [2.05, 4.69) is 24.3 Å². The van der Waals surface area contributed by atoms with Gasteiger partial charge < -0.3 is 14.6 Å². The van der Waals surface area contributed by atoms with Crippen LogP contribution in [0.2, 0.25) is 0 Å². The van der Waals surface area contributed by atoms with Gasteiger partial charge in [0, 0.05) is 22.7 Å². The van der Waals surface area contributed by atoms with E-state index in [1.54, 1.807) is 24.0 Å². The molecular formula is C20H16O3S. The zero-order chi connectivity index (χ0) is 16.6. The Morgan fingerprint density at radius 1 is 0.917 bits per heavy atom. The van der Waals surface area contributed by atoms with Crippen molar-refractivity contribution in [3.8, 4) is 27.3 Å². The molecule has 120 valence electrons. The standard InChI is InChI=1S/C20H16O3S/c1-20(22-10-11-23-20)15-8-6-14(7-9-15)17-4-2-3-5-18(17)19-12-16(21)13-24-19/h2-13,21H,1H3. The Hall–Kier alpha value is -2.72. The summed E-state index contributed by atoms with van der Waals surface area (Å²) in [4.78, 5) is 1.05. The summed E-state index contributed by atoms with van der Waals surface area (Å²) in [6.07, 6.45) is 3.12. The van der Waals surface area contributed by atoms with E-state index in [9.17, 15) is 5.11 Å². The first kappa shape index (κ1) is 14.8. The molecule has 0 radical (unpaired) electrons. The summed E-state index contributed by atoms with van der Waals surface area (Å²) in [5.41, 5.74) is 4.30. The molecule has 4 rings (SSSR count). The number of thiophene rings is 1. The summed E-state index contributed by atoms with van der Waals surface area (Å²) in [6, 6.07) is 18.2. The van der Waals surface area contributed by atoms with E-state index in [1.165, 1.54) is 11.3 Å². The maximum absolute atomic E-state index is 9.64. The highest BCUT2D eigenvalue weighted by Gasteiger charge is 2.31. The highest BCUT2D eigenvalue weighted by Crippen LogP contribution is 2.38. The first-order valence-electron chi connectivity index (χ1n) is 7.64. The molecule has 0 aliphatic carbocycles. The van der Waals surface area contributed by atoms with Gasteiger partial charge in [-0.3, -0.25) is 0 Å². The molecule has 0 amide bonds. The van der Waals surface area contributed by atoms with E-state index in [0.29, 0.717) is 5.75 Å². The van der Waals surface area contributed by atoms with Crippen molar-refractivity contribution in [3.05, 3.63) is 78.1 Å². The van der Waals surface area contributed by atoms with Gasteiger partial charge in [0.25, 0.3) is 5.79 Å². The highest BCUT2D eigenvalue weighted by atomic mass is 32.1. The minimum atomic E-state index is -0.752. The quantitative estimate of drug-likeness (QED) is 0.688. The van der Waals surface area contributed by atoms with Crippen LogP contribution in [-0.2, 0) is 15.3 Å². The van der Waals surface area contributed by atoms with Gasteiger partial charge in [0.1, 0.15) is 18.3 Å². The van der Waals surface area contributed by atoms with Crippen LogP contribution in [0, 0.1) is 0 Å². The fourth-order valence-electron chi connectivity index (χ4n) is 2.85. The van der Waals surface area contributed by atoms with E-state index >= 15 is 0 Å². The molecule has 0 bridgehead atoms. The average molecular weight is 336 g/mol. The molecule has 3 nitrogen and oxygen atoms in total. The smallest absolute Gasteiger partial charge is 0.273 e. The zero-order valence-electron chi connectivity index (χ0n) is 13.1. The van der Waals surface area contributed by atoms with Crippen LogP contribution < -0.4 is 0 Å². The zero-order valence-corrected chi connectivity index (χ0v) is 13.9. The van der Waals surface area contributed by atoms with Gasteiger partial charge in [-0.2, -0.15) is 0 Å². The lowest BCUT2D eigenvalue weighted by Crippen LogP contribution is -2.21. The second-order valence-corrected chi connectivity index (χ2v) is 6.66. The molecule has 4 heteroatoms. The first-order chi connectivity index (χ1) is 11.7. The van der Waals surface area contributed by atoms with Crippen LogP contribution in [0.3, 0.4) is 0 Å². The van der Waals surface area contributed by atoms with Crippen molar-refractivity contribution < 1.29 is 14.6 Å². The summed E-state index contributed by atoms with van der Waals surface area (Å²) in [7, 11) is 0. The van der Waals surface area contributed by atoms with Crippen LogP contribution >= 0.6 is 11.3 Å². The van der Waals surface area contributed by atoms with E-state index < -0.39 is 5.79 Å². The van der Waals surface area contributed by atoms with Crippen LogP contribution in [0.4, 0.5) is 0 Å². The van der Waals surface area contributed by atoms with Gasteiger partial charge in [-0.25, -0.2) is 0 Å². The van der Waals surface area contributed by atoms with E-state index in [0.717, 1.165) is 27.1 Å². The molecule has 0 spiro atoms. The molecule has 0 fully saturated rings. The second-order valence-electron chi connectivity index (χ2n) is 5.75. The van der Waals surface area contributed by atoms with Gasteiger partial charge in [-0.1, -0.05) is 48.5 Å². The van der Waals surface area contributed by atoms with Gasteiger partial charge >= 0.3 is 0 Å². The minimum Gasteiger partial charge on any atom is -0.507 e. The van der Waals surface area contributed by atoms with Crippen LogP contribution in [-0.4, -0.2) is 5.11 Å². The Labute approximate surface area is 144 Å². The average Bonchev–Trinajstić information content (AvgIpc) is 3.25. The number of hydrogen-bond acceptors (Lipinski definition) is 4. The molecule has 0 atom stereocenters. The van der Waals surface area contributed by atoms with Gasteiger partial charge in [0.15, 0.2) is 0 Å². The van der Waals surface area contributed by atoms with Crippen LogP contribution in [0.1, 0.15) is 12.5 Å². The Morgan fingerprint density at radius 3 is 2.21 bits per heavy atom. The van der Waals surface area contributed by atoms with Crippen molar-refractivity contribution in [2.24, 2.45) is 0 Å². The van der Waals surface area contributed by atoms with Gasteiger partial charge in [0.05, 0.1) is 0 Å². The number of aromatic hydroxyl groups is 1. The van der Waals surface area contributed by atoms with Crippen molar-refractivity contribution in [3.63, 3.8) is 0 Å². The number of rotatable bonds is 3. The number of hydrogen-bond donors (Lipinski definition) is 1. The topological polar surface area (TPSA) is 38.7 Å². The normalized spacial score (nSPS) is 15.0. The fraction of sp³-hybridized carbons (Fsp3) is 0.100. The van der Waals surface area contributed by atoms with Gasteiger partial charge in [-0.15, -0.1) is 11.3 Å². The molecular weight excluding hydrogens is 320 g/mol. The van der Waals surface area contributed by atoms with E-state index in [4.69, 9.17) is 9.47 Å². The largest absolute Gasteiger partial charge is 0.507 e. The summed E-state index contributed by atoms with van der Waals surface area (Å²) >= 11 is 1.54. The van der Waals surface area contributed by atoms with Crippen molar-refractivity contribution in [2.75, 3.05) is 0 Å². The second kappa shape index (κ2) is 5.73. The van der Waals surface area contributed by atoms with Gasteiger partial charge in [-0.05, 0) is 22.8 Å². The molecule has 1 N–H and O–H groups in total. The van der Waals surface area contributed by atoms with E-state index in [-0.39, 0.29) is 0 Å². The monoisotopic (exact) mass is 336 g/mol. The molecule has 0 saturated heterocycles. The van der Waals surface area contributed by atoms with Crippen molar-refractivity contribution >= 4 is 11.3 Å². The van der Waals surface area contributed by atoms with Crippen molar-refractivity contribution in [1.29, 1.82) is 0 Å². The Balaban J connectivity index is 1.72. The third-order valence-corrected chi connectivity index (χ3v) is 5.09. The van der Waals surface area contributed by atoms with E-state index in [1.807, 2.05) is 31.2 Å². The summed E-state index contributed by atoms with van der Waals surface area (Å²) in [5, 5.41) is 11.4. The maximum atomic E-state index is 9.64. The molecule has 0 unspecified atom stereocenters. The summed E-state index contributed by atoms with van der Waals surface area (Å²) < 4.78 is 11.1. The van der Waals surface area contributed by atoms with Crippen LogP contribution in [0.25, 0.3) is 21.6 Å². The number of ether oxygens (including phenoxy) is 2. The van der Waals surface area contributed by atoms with Crippen LogP contribution in [0.15, 0.2) is 72.5 Å². The molecule has 2 heterocycles. The molecule has 1 aliphatic rings. The molecule has 0 saturated carbocycles. The SMILES string of the molecule is CC1(c2ccc(-c3ccccc3-c3cc(O)cs3)cc2)OC=CO1. The lowest BCUT2D eigenvalue weighted by Gasteiger charge is -2.23.